The number of hydrogen-bond donors (Lipinski definition) is 1. The van der Waals surface area contributed by atoms with Gasteiger partial charge >= 0.3 is 11.4 Å². The van der Waals surface area contributed by atoms with Gasteiger partial charge in [0.15, 0.2) is 11.5 Å². The van der Waals surface area contributed by atoms with Gasteiger partial charge in [0.25, 0.3) is 0 Å². The minimum Gasteiger partial charge on any atom is -0.495 e. The summed E-state index contributed by atoms with van der Waals surface area (Å²) in [6.45, 7) is 0. The Bertz CT molecular complexity index is 1070. The van der Waals surface area contributed by atoms with Gasteiger partial charge in [-0.2, -0.15) is 0 Å². The fourth-order valence-corrected chi connectivity index (χ4v) is 2.97. The SMILES string of the molecule is COc1ccccc1Nc1nc(-c2cc3ncoc3oc2=O)cs1. The van der Waals surface area contributed by atoms with Gasteiger partial charge < -0.3 is 18.9 Å². The highest BCUT2D eigenvalue weighted by Gasteiger charge is 2.14. The van der Waals surface area contributed by atoms with E-state index in [0.717, 1.165) is 5.69 Å². The average molecular weight is 341 g/mol. The van der Waals surface area contributed by atoms with Crippen LogP contribution in [0.4, 0.5) is 10.8 Å². The number of nitrogens with one attached hydrogen (secondary N) is 1. The van der Waals surface area contributed by atoms with Gasteiger partial charge in [-0.05, 0) is 18.2 Å². The summed E-state index contributed by atoms with van der Waals surface area (Å²) in [6.07, 6.45) is 1.23. The molecule has 0 amide bonds. The summed E-state index contributed by atoms with van der Waals surface area (Å²) < 4.78 is 15.4. The lowest BCUT2D eigenvalue weighted by Gasteiger charge is -2.07. The zero-order valence-corrected chi connectivity index (χ0v) is 13.3. The first kappa shape index (κ1) is 14.5. The highest BCUT2D eigenvalue weighted by atomic mass is 32.1. The summed E-state index contributed by atoms with van der Waals surface area (Å²) in [5, 5.41) is 5.59. The second kappa shape index (κ2) is 5.82. The number of rotatable bonds is 4. The van der Waals surface area contributed by atoms with E-state index in [1.165, 1.54) is 17.7 Å². The van der Waals surface area contributed by atoms with Crippen LogP contribution in [-0.2, 0) is 0 Å². The van der Waals surface area contributed by atoms with E-state index in [4.69, 9.17) is 13.6 Å². The molecule has 24 heavy (non-hydrogen) atoms. The number of hydrogen-bond acceptors (Lipinski definition) is 8. The van der Waals surface area contributed by atoms with Gasteiger partial charge in [-0.1, -0.05) is 12.1 Å². The summed E-state index contributed by atoms with van der Waals surface area (Å²) in [4.78, 5) is 20.5. The summed E-state index contributed by atoms with van der Waals surface area (Å²) >= 11 is 1.37. The molecule has 0 atom stereocenters. The number of thiazole rings is 1. The Kier molecular flexibility index (Phi) is 3.51. The minimum absolute atomic E-state index is 0.103. The maximum atomic E-state index is 12.1. The fraction of sp³-hybridized carbons (Fsp3) is 0.0625. The summed E-state index contributed by atoms with van der Waals surface area (Å²) in [5.41, 5.74) is 1.59. The van der Waals surface area contributed by atoms with Crippen molar-refractivity contribution in [1.82, 2.24) is 9.97 Å². The van der Waals surface area contributed by atoms with Crippen molar-refractivity contribution in [2.45, 2.75) is 0 Å². The van der Waals surface area contributed by atoms with Gasteiger partial charge in [0.05, 0.1) is 24.1 Å². The van der Waals surface area contributed by atoms with Crippen molar-refractivity contribution in [1.29, 1.82) is 0 Å². The van der Waals surface area contributed by atoms with Crippen LogP contribution in [0.1, 0.15) is 0 Å². The van der Waals surface area contributed by atoms with Crippen LogP contribution in [0, 0.1) is 0 Å². The maximum absolute atomic E-state index is 12.1. The van der Waals surface area contributed by atoms with Crippen LogP contribution in [-0.4, -0.2) is 17.1 Å². The maximum Gasteiger partial charge on any atom is 0.348 e. The molecule has 120 valence electrons. The highest BCUT2D eigenvalue weighted by molar-refractivity contribution is 7.14. The molecule has 8 heteroatoms. The molecule has 0 radical (unpaired) electrons. The molecule has 4 aromatic rings. The van der Waals surface area contributed by atoms with E-state index in [0.29, 0.717) is 27.7 Å². The summed E-state index contributed by atoms with van der Waals surface area (Å²) in [6, 6.07) is 9.12. The standard InChI is InChI=1S/C16H11N3O4S/c1-21-13-5-3-2-4-10(13)18-16-19-12(7-24-16)9-6-11-15(22-8-17-11)23-14(9)20/h2-8H,1H3,(H,18,19). The molecule has 0 aliphatic rings. The molecule has 1 N–H and O–H groups in total. The first-order chi connectivity index (χ1) is 11.7. The second-order valence-corrected chi connectivity index (χ2v) is 5.69. The van der Waals surface area contributed by atoms with E-state index in [1.807, 2.05) is 24.3 Å². The van der Waals surface area contributed by atoms with Gasteiger partial charge in [0, 0.05) is 5.38 Å². The van der Waals surface area contributed by atoms with Crippen LogP contribution in [0.15, 0.2) is 55.7 Å². The number of anilines is 2. The quantitative estimate of drug-likeness (QED) is 0.606. The smallest absolute Gasteiger partial charge is 0.348 e. The van der Waals surface area contributed by atoms with Crippen molar-refractivity contribution in [3.8, 4) is 17.0 Å². The van der Waals surface area contributed by atoms with Crippen LogP contribution in [0.5, 0.6) is 5.75 Å². The highest BCUT2D eigenvalue weighted by Crippen LogP contribution is 2.30. The number of benzene rings is 1. The average Bonchev–Trinajstić information content (AvgIpc) is 3.23. The van der Waals surface area contributed by atoms with E-state index in [9.17, 15) is 4.79 Å². The number of ether oxygens (including phenoxy) is 1. The van der Waals surface area contributed by atoms with Crippen molar-refractivity contribution in [3.05, 3.63) is 52.5 Å². The van der Waals surface area contributed by atoms with E-state index in [2.05, 4.69) is 15.3 Å². The van der Waals surface area contributed by atoms with Crippen LogP contribution in [0.25, 0.3) is 22.6 Å². The lowest BCUT2D eigenvalue weighted by molar-refractivity contribution is 0.417. The van der Waals surface area contributed by atoms with Crippen LogP contribution in [0.3, 0.4) is 0 Å². The normalized spacial score (nSPS) is 10.9. The van der Waals surface area contributed by atoms with Crippen LogP contribution in [0.2, 0.25) is 0 Å². The molecule has 0 saturated heterocycles. The lowest BCUT2D eigenvalue weighted by atomic mass is 10.2. The van der Waals surface area contributed by atoms with Crippen molar-refractivity contribution >= 4 is 33.5 Å². The molecule has 0 fully saturated rings. The zero-order chi connectivity index (χ0) is 16.5. The van der Waals surface area contributed by atoms with Crippen molar-refractivity contribution < 1.29 is 13.6 Å². The first-order valence-electron chi connectivity index (χ1n) is 6.98. The van der Waals surface area contributed by atoms with E-state index in [1.54, 1.807) is 18.6 Å². The molecule has 3 heterocycles. The molecule has 0 aliphatic carbocycles. The molecule has 0 saturated carbocycles. The number of fused-ring (bicyclic) bond motifs is 1. The second-order valence-electron chi connectivity index (χ2n) is 4.84. The van der Waals surface area contributed by atoms with Gasteiger partial charge in [-0.15, -0.1) is 11.3 Å². The Morgan fingerprint density at radius 2 is 2.17 bits per heavy atom. The van der Waals surface area contributed by atoms with E-state index < -0.39 is 5.63 Å². The molecule has 0 bridgehead atoms. The Morgan fingerprint density at radius 1 is 1.29 bits per heavy atom. The number of methoxy groups -OCH3 is 1. The third-order valence-electron chi connectivity index (χ3n) is 3.38. The van der Waals surface area contributed by atoms with Gasteiger partial charge in [-0.25, -0.2) is 14.8 Å². The summed E-state index contributed by atoms with van der Waals surface area (Å²) in [7, 11) is 1.60. The monoisotopic (exact) mass is 341 g/mol. The van der Waals surface area contributed by atoms with Crippen LogP contribution < -0.4 is 15.7 Å². The molecular weight excluding hydrogens is 330 g/mol. The zero-order valence-electron chi connectivity index (χ0n) is 12.5. The Balaban J connectivity index is 1.69. The molecule has 1 aromatic carbocycles. The topological polar surface area (TPSA) is 90.4 Å². The number of oxazole rings is 1. The van der Waals surface area contributed by atoms with Crippen molar-refractivity contribution in [2.24, 2.45) is 0 Å². The molecule has 3 aromatic heterocycles. The first-order valence-corrected chi connectivity index (χ1v) is 7.86. The number of aromatic nitrogens is 2. The van der Waals surface area contributed by atoms with Gasteiger partial charge in [-0.3, -0.25) is 0 Å². The van der Waals surface area contributed by atoms with Crippen LogP contribution >= 0.6 is 11.3 Å². The molecule has 4 rings (SSSR count). The van der Waals surface area contributed by atoms with Crippen molar-refractivity contribution in [3.63, 3.8) is 0 Å². The molecule has 0 spiro atoms. The Morgan fingerprint density at radius 3 is 3.04 bits per heavy atom. The molecular formula is C16H11N3O4S. The molecule has 0 aliphatic heterocycles. The van der Waals surface area contributed by atoms with Gasteiger partial charge in [0.2, 0.25) is 0 Å². The fourth-order valence-electron chi connectivity index (χ4n) is 2.25. The minimum atomic E-state index is -0.520. The Labute approximate surface area is 139 Å². The van der Waals surface area contributed by atoms with Crippen molar-refractivity contribution in [2.75, 3.05) is 12.4 Å². The predicted octanol–water partition coefficient (Wildman–Crippen LogP) is 3.66. The molecule has 0 unspecified atom stereocenters. The number of para-hydroxylation sites is 2. The Hall–Kier alpha value is -3.13. The lowest BCUT2D eigenvalue weighted by Crippen LogP contribution is -2.02. The summed E-state index contributed by atoms with van der Waals surface area (Å²) in [5.74, 6) is 0.809. The van der Waals surface area contributed by atoms with E-state index >= 15 is 0 Å². The largest absolute Gasteiger partial charge is 0.495 e. The predicted molar refractivity (Wildman–Crippen MR) is 89.9 cm³/mol. The molecule has 7 nitrogen and oxygen atoms in total. The third-order valence-corrected chi connectivity index (χ3v) is 4.13. The van der Waals surface area contributed by atoms with Gasteiger partial charge in [0.1, 0.15) is 11.3 Å². The third kappa shape index (κ3) is 2.52. The van der Waals surface area contributed by atoms with E-state index in [-0.39, 0.29) is 5.78 Å². The number of nitrogens with zero attached hydrogens (tertiary/aromatic N) is 2.